The first-order valence-corrected chi connectivity index (χ1v) is 13.3. The summed E-state index contributed by atoms with van der Waals surface area (Å²) in [7, 11) is 1.52. The number of hydrogen-bond acceptors (Lipinski definition) is 6. The van der Waals surface area contributed by atoms with Crippen LogP contribution in [0.1, 0.15) is 63.9 Å². The van der Waals surface area contributed by atoms with E-state index in [1.807, 2.05) is 0 Å². The molecule has 0 unspecified atom stereocenters. The van der Waals surface area contributed by atoms with Crippen molar-refractivity contribution in [2.45, 2.75) is 50.9 Å². The Hall–Kier alpha value is -3.04. The quantitative estimate of drug-likeness (QED) is 0.354. The molecular weight excluding hydrogens is 571 g/mol. The lowest BCUT2D eigenvalue weighted by atomic mass is 9.89. The number of halogens is 4. The van der Waals surface area contributed by atoms with Crippen LogP contribution in [0.25, 0.3) is 0 Å². The molecule has 0 fully saturated rings. The third-order valence-corrected chi connectivity index (χ3v) is 8.80. The van der Waals surface area contributed by atoms with Crippen LogP contribution in [0.3, 0.4) is 0 Å². The third-order valence-electron chi connectivity index (χ3n) is 6.88. The number of nitrogens with one attached hydrogen (secondary N) is 2. The van der Waals surface area contributed by atoms with Gasteiger partial charge in [0, 0.05) is 11.3 Å². The molecule has 2 N–H and O–H groups in total. The highest BCUT2D eigenvalue weighted by molar-refractivity contribution is 9.10. The second-order valence-electron chi connectivity index (χ2n) is 9.34. The Morgan fingerprint density at radius 1 is 1.35 bits per heavy atom. The van der Waals surface area contributed by atoms with Gasteiger partial charge < -0.3 is 15.4 Å². The number of alkyl halides is 3. The Kier molecular flexibility index (Phi) is 6.70. The van der Waals surface area contributed by atoms with Gasteiger partial charge in [0.05, 0.1) is 23.2 Å². The van der Waals surface area contributed by atoms with Gasteiger partial charge >= 0.3 is 6.18 Å². The maximum Gasteiger partial charge on any atom is 0.410 e. The van der Waals surface area contributed by atoms with Crippen molar-refractivity contribution in [3.63, 3.8) is 0 Å². The molecule has 0 radical (unpaired) electrons. The number of carbonyl (C=O) groups is 1. The number of aromatic nitrogens is 2. The Morgan fingerprint density at radius 3 is 2.73 bits per heavy atom. The van der Waals surface area contributed by atoms with Crippen LogP contribution < -0.4 is 15.4 Å². The largest absolute Gasteiger partial charge is 0.497 e. The standard InChI is InChI=1S/C25H23BrF3N5O2S/c1-12-3-8-15-16(11-30)24(37-18(15)9-12)32-23(35)21-20(26)22-31-17(13-4-6-14(36-2)7-5-13)10-19(25(27,28)29)34(22)33-21/h4-7,12,17,19,31H,3,8-10H2,1-2H3,(H,32,35)/t12-,17-,19-/m1/s1. The summed E-state index contributed by atoms with van der Waals surface area (Å²) < 4.78 is 48.5. The number of nitrogens with zero attached hydrogens (tertiary/aromatic N) is 3. The maximum absolute atomic E-state index is 14.1. The predicted octanol–water partition coefficient (Wildman–Crippen LogP) is 6.62. The maximum atomic E-state index is 14.1. The van der Waals surface area contributed by atoms with E-state index in [0.29, 0.717) is 27.8 Å². The van der Waals surface area contributed by atoms with Gasteiger partial charge in [-0.2, -0.15) is 23.5 Å². The highest BCUT2D eigenvalue weighted by Crippen LogP contribution is 2.47. The Labute approximate surface area is 223 Å². The zero-order valence-electron chi connectivity index (χ0n) is 19.9. The lowest BCUT2D eigenvalue weighted by molar-refractivity contribution is -0.173. The number of benzene rings is 1. The van der Waals surface area contributed by atoms with Gasteiger partial charge in [0.25, 0.3) is 5.91 Å². The number of nitriles is 1. The van der Waals surface area contributed by atoms with E-state index >= 15 is 0 Å². The van der Waals surface area contributed by atoms with Gasteiger partial charge in [-0.05, 0) is 64.4 Å². The highest BCUT2D eigenvalue weighted by atomic mass is 79.9. The van der Waals surface area contributed by atoms with E-state index in [-0.39, 0.29) is 22.4 Å². The Bertz CT molecular complexity index is 1390. The van der Waals surface area contributed by atoms with Crippen LogP contribution >= 0.6 is 27.3 Å². The van der Waals surface area contributed by atoms with Gasteiger partial charge in [-0.3, -0.25) is 4.79 Å². The summed E-state index contributed by atoms with van der Waals surface area (Å²) in [6.45, 7) is 2.14. The number of methoxy groups -OCH3 is 1. The molecule has 3 aromatic rings. The molecule has 12 heteroatoms. The third kappa shape index (κ3) is 4.70. The van der Waals surface area contributed by atoms with Crippen LogP contribution in [0.15, 0.2) is 28.7 Å². The molecule has 3 atom stereocenters. The van der Waals surface area contributed by atoms with Crippen LogP contribution in [-0.4, -0.2) is 29.0 Å². The Morgan fingerprint density at radius 2 is 2.08 bits per heavy atom. The molecule has 1 aliphatic carbocycles. The second-order valence-corrected chi connectivity index (χ2v) is 11.2. The average molecular weight is 594 g/mol. The summed E-state index contributed by atoms with van der Waals surface area (Å²) in [5.74, 6) is 0.470. The van der Waals surface area contributed by atoms with Crippen LogP contribution in [0.2, 0.25) is 0 Å². The molecule has 0 saturated carbocycles. The van der Waals surface area contributed by atoms with Crippen molar-refractivity contribution in [2.24, 2.45) is 5.92 Å². The minimum atomic E-state index is -4.59. The molecule has 3 heterocycles. The van der Waals surface area contributed by atoms with Gasteiger partial charge in [-0.25, -0.2) is 4.68 Å². The number of ether oxygens (including phenoxy) is 1. The van der Waals surface area contributed by atoms with E-state index in [1.54, 1.807) is 24.3 Å². The first-order chi connectivity index (χ1) is 17.6. The van der Waals surface area contributed by atoms with Crippen molar-refractivity contribution in [1.29, 1.82) is 5.26 Å². The Balaban J connectivity index is 1.47. The van der Waals surface area contributed by atoms with Crippen molar-refractivity contribution in [2.75, 3.05) is 17.7 Å². The molecule has 1 aromatic carbocycles. The fraction of sp³-hybridized carbons (Fsp3) is 0.400. The molecule has 2 aromatic heterocycles. The number of anilines is 2. The monoisotopic (exact) mass is 593 g/mol. The van der Waals surface area contributed by atoms with Crippen LogP contribution in [0, 0.1) is 17.2 Å². The van der Waals surface area contributed by atoms with E-state index in [2.05, 4.69) is 44.7 Å². The number of amides is 1. The summed E-state index contributed by atoms with van der Waals surface area (Å²) in [6, 6.07) is 6.39. The zero-order chi connectivity index (χ0) is 26.5. The minimum absolute atomic E-state index is 0.0688. The van der Waals surface area contributed by atoms with Gasteiger partial charge in [-0.15, -0.1) is 11.3 Å². The first-order valence-electron chi connectivity index (χ1n) is 11.7. The van der Waals surface area contributed by atoms with Crippen molar-refractivity contribution >= 4 is 44.0 Å². The second kappa shape index (κ2) is 9.68. The summed E-state index contributed by atoms with van der Waals surface area (Å²) in [4.78, 5) is 14.3. The molecular formula is C25H23BrF3N5O2S. The number of thiophene rings is 1. The topological polar surface area (TPSA) is 92.0 Å². The van der Waals surface area contributed by atoms with Crippen molar-refractivity contribution < 1.29 is 22.7 Å². The zero-order valence-corrected chi connectivity index (χ0v) is 22.4. The normalized spacial score (nSPS) is 20.8. The fourth-order valence-electron chi connectivity index (χ4n) is 4.91. The van der Waals surface area contributed by atoms with E-state index in [4.69, 9.17) is 4.74 Å². The van der Waals surface area contributed by atoms with Gasteiger partial charge in [-0.1, -0.05) is 19.1 Å². The highest BCUT2D eigenvalue weighted by Gasteiger charge is 2.48. The molecule has 0 bridgehead atoms. The molecule has 0 spiro atoms. The smallest absolute Gasteiger partial charge is 0.410 e. The molecule has 194 valence electrons. The SMILES string of the molecule is COc1ccc([C@H]2C[C@H](C(F)(F)F)n3nc(C(=O)Nc4sc5c(c4C#N)CC[C@@H](C)C5)c(Br)c3N2)cc1. The summed E-state index contributed by atoms with van der Waals surface area (Å²) >= 11 is 4.66. The molecule has 5 rings (SSSR count). The summed E-state index contributed by atoms with van der Waals surface area (Å²) in [6.07, 6.45) is -2.33. The lowest BCUT2D eigenvalue weighted by Crippen LogP contribution is -2.35. The first kappa shape index (κ1) is 25.6. The molecule has 1 aliphatic heterocycles. The van der Waals surface area contributed by atoms with E-state index < -0.39 is 24.2 Å². The number of carbonyl (C=O) groups excluding carboxylic acids is 1. The minimum Gasteiger partial charge on any atom is -0.497 e. The lowest BCUT2D eigenvalue weighted by Gasteiger charge is -2.33. The van der Waals surface area contributed by atoms with Crippen LogP contribution in [-0.2, 0) is 12.8 Å². The van der Waals surface area contributed by atoms with E-state index in [1.165, 1.54) is 18.4 Å². The van der Waals surface area contributed by atoms with E-state index in [9.17, 15) is 23.2 Å². The molecule has 7 nitrogen and oxygen atoms in total. The predicted molar refractivity (Wildman–Crippen MR) is 137 cm³/mol. The molecule has 0 saturated heterocycles. The van der Waals surface area contributed by atoms with Crippen LogP contribution in [0.4, 0.5) is 24.0 Å². The van der Waals surface area contributed by atoms with Crippen molar-refractivity contribution in [3.8, 4) is 11.8 Å². The average Bonchev–Trinajstić information content (AvgIpc) is 3.39. The molecule has 37 heavy (non-hydrogen) atoms. The van der Waals surface area contributed by atoms with Crippen molar-refractivity contribution in [3.05, 3.63) is 56.0 Å². The molecule has 1 amide bonds. The molecule has 2 aliphatic rings. The number of hydrogen-bond donors (Lipinski definition) is 2. The van der Waals surface area contributed by atoms with Gasteiger partial charge in [0.2, 0.25) is 0 Å². The van der Waals surface area contributed by atoms with Crippen LogP contribution in [0.5, 0.6) is 5.75 Å². The van der Waals surface area contributed by atoms with Gasteiger partial charge in [0.15, 0.2) is 11.7 Å². The van der Waals surface area contributed by atoms with E-state index in [0.717, 1.165) is 34.4 Å². The number of rotatable bonds is 4. The number of fused-ring (bicyclic) bond motifs is 2. The fourth-order valence-corrected chi connectivity index (χ4v) is 6.82. The summed E-state index contributed by atoms with van der Waals surface area (Å²) in [5, 5.41) is 20.1. The van der Waals surface area contributed by atoms with Gasteiger partial charge in [0.1, 0.15) is 22.6 Å². The summed E-state index contributed by atoms with van der Waals surface area (Å²) in [5.41, 5.74) is 1.84. The van der Waals surface area contributed by atoms with Crippen molar-refractivity contribution in [1.82, 2.24) is 9.78 Å².